The molecule has 1 atom stereocenters. The number of aromatic nitrogens is 1. The minimum atomic E-state index is 0.299. The minimum absolute atomic E-state index is 0.299. The smallest absolute Gasteiger partial charge is 0.0724 e. The fraction of sp³-hybridized carbons (Fsp3) is 0.556. The number of morpholine rings is 1. The van der Waals surface area contributed by atoms with Crippen LogP contribution >= 0.6 is 0 Å². The van der Waals surface area contributed by atoms with Crippen molar-refractivity contribution < 1.29 is 9.47 Å². The standard InChI is InChI=1S/C18H26N2O2/c1-3-20-9-7-17-15(5-4-6-18(17)20)13-19-10-12-22-16(14-19)8-11-21-2/h4-7,9,16H,3,8,10-14H2,1-2H3/t16-/m0/s1. The lowest BCUT2D eigenvalue weighted by atomic mass is 10.1. The zero-order chi connectivity index (χ0) is 15.4. The molecule has 1 aromatic carbocycles. The molecule has 0 N–H and O–H groups in total. The third-order valence-electron chi connectivity index (χ3n) is 4.51. The Morgan fingerprint density at radius 2 is 2.23 bits per heavy atom. The van der Waals surface area contributed by atoms with E-state index in [9.17, 15) is 0 Å². The van der Waals surface area contributed by atoms with Crippen molar-refractivity contribution in [1.29, 1.82) is 0 Å². The first-order valence-corrected chi connectivity index (χ1v) is 8.21. The molecule has 1 aromatic heterocycles. The van der Waals surface area contributed by atoms with Gasteiger partial charge in [-0.15, -0.1) is 0 Å². The van der Waals surface area contributed by atoms with Gasteiger partial charge < -0.3 is 14.0 Å². The van der Waals surface area contributed by atoms with Crippen LogP contribution in [0.1, 0.15) is 18.9 Å². The van der Waals surface area contributed by atoms with E-state index in [0.717, 1.165) is 45.8 Å². The number of hydrogen-bond donors (Lipinski definition) is 0. The van der Waals surface area contributed by atoms with Crippen LogP contribution in [0.2, 0.25) is 0 Å². The maximum Gasteiger partial charge on any atom is 0.0724 e. The zero-order valence-electron chi connectivity index (χ0n) is 13.6. The Balaban J connectivity index is 1.71. The van der Waals surface area contributed by atoms with E-state index in [1.807, 2.05) is 0 Å². The number of rotatable bonds is 6. The average Bonchev–Trinajstić information content (AvgIpc) is 2.97. The zero-order valence-corrected chi connectivity index (χ0v) is 13.6. The van der Waals surface area contributed by atoms with Gasteiger partial charge in [0.05, 0.1) is 12.7 Å². The molecular formula is C18H26N2O2. The molecule has 0 saturated carbocycles. The highest BCUT2D eigenvalue weighted by molar-refractivity contribution is 5.83. The van der Waals surface area contributed by atoms with Crippen molar-refractivity contribution in [1.82, 2.24) is 9.47 Å². The summed E-state index contributed by atoms with van der Waals surface area (Å²) in [6, 6.07) is 8.88. The molecule has 4 heteroatoms. The summed E-state index contributed by atoms with van der Waals surface area (Å²) in [7, 11) is 1.75. The predicted molar refractivity (Wildman–Crippen MR) is 89.1 cm³/mol. The van der Waals surface area contributed by atoms with Crippen molar-refractivity contribution in [2.24, 2.45) is 0 Å². The summed E-state index contributed by atoms with van der Waals surface area (Å²) in [5, 5.41) is 1.38. The maximum absolute atomic E-state index is 5.83. The van der Waals surface area contributed by atoms with Crippen molar-refractivity contribution in [2.75, 3.05) is 33.4 Å². The van der Waals surface area contributed by atoms with Crippen molar-refractivity contribution in [3.63, 3.8) is 0 Å². The third kappa shape index (κ3) is 3.35. The molecule has 120 valence electrons. The SMILES string of the molecule is CCn1ccc2c(CN3CCO[C@@H](CCOC)C3)cccc21. The van der Waals surface area contributed by atoms with Gasteiger partial charge >= 0.3 is 0 Å². The van der Waals surface area contributed by atoms with Gasteiger partial charge in [0.2, 0.25) is 0 Å². The first kappa shape index (κ1) is 15.5. The lowest BCUT2D eigenvalue weighted by Crippen LogP contribution is -2.42. The van der Waals surface area contributed by atoms with Gasteiger partial charge in [0.15, 0.2) is 0 Å². The van der Waals surface area contributed by atoms with Crippen LogP contribution in [-0.4, -0.2) is 49.0 Å². The van der Waals surface area contributed by atoms with Gasteiger partial charge in [0.1, 0.15) is 0 Å². The largest absolute Gasteiger partial charge is 0.385 e. The summed E-state index contributed by atoms with van der Waals surface area (Å²) < 4.78 is 13.3. The summed E-state index contributed by atoms with van der Waals surface area (Å²) in [6.45, 7) is 7.80. The molecule has 0 radical (unpaired) electrons. The van der Waals surface area contributed by atoms with Gasteiger partial charge in [-0.1, -0.05) is 12.1 Å². The molecule has 1 saturated heterocycles. The molecule has 2 heterocycles. The van der Waals surface area contributed by atoms with Gasteiger partial charge in [-0.3, -0.25) is 4.90 Å². The summed E-state index contributed by atoms with van der Waals surface area (Å²) in [5.41, 5.74) is 2.75. The predicted octanol–water partition coefficient (Wildman–Crippen LogP) is 2.90. The Morgan fingerprint density at radius 3 is 3.05 bits per heavy atom. The van der Waals surface area contributed by atoms with Gasteiger partial charge in [-0.25, -0.2) is 0 Å². The van der Waals surface area contributed by atoms with Crippen molar-refractivity contribution >= 4 is 10.9 Å². The number of aryl methyl sites for hydroxylation is 1. The quantitative estimate of drug-likeness (QED) is 0.821. The van der Waals surface area contributed by atoms with Crippen molar-refractivity contribution in [3.05, 3.63) is 36.0 Å². The number of ether oxygens (including phenoxy) is 2. The second kappa shape index (κ2) is 7.27. The highest BCUT2D eigenvalue weighted by atomic mass is 16.5. The Labute approximate surface area is 132 Å². The van der Waals surface area contributed by atoms with Crippen LogP contribution in [0.15, 0.2) is 30.5 Å². The fourth-order valence-corrected chi connectivity index (χ4v) is 3.29. The Bertz CT molecular complexity index is 608. The van der Waals surface area contributed by atoms with Crippen LogP contribution in [0.25, 0.3) is 10.9 Å². The van der Waals surface area contributed by atoms with Gasteiger partial charge in [0, 0.05) is 57.0 Å². The molecule has 0 amide bonds. The Hall–Kier alpha value is -1.36. The molecule has 0 spiro atoms. The summed E-state index contributed by atoms with van der Waals surface area (Å²) in [6.07, 6.45) is 3.46. The topological polar surface area (TPSA) is 26.6 Å². The number of benzene rings is 1. The van der Waals surface area contributed by atoms with Crippen LogP contribution in [0.4, 0.5) is 0 Å². The van der Waals surface area contributed by atoms with E-state index >= 15 is 0 Å². The van der Waals surface area contributed by atoms with Crippen molar-refractivity contribution in [3.8, 4) is 0 Å². The van der Waals surface area contributed by atoms with Gasteiger partial charge in [-0.05, 0) is 31.0 Å². The summed E-state index contributed by atoms with van der Waals surface area (Å²) in [5.74, 6) is 0. The molecule has 0 unspecified atom stereocenters. The molecule has 0 bridgehead atoms. The normalized spacial score (nSPS) is 19.8. The molecule has 4 nitrogen and oxygen atoms in total. The van der Waals surface area contributed by atoms with E-state index in [4.69, 9.17) is 9.47 Å². The molecule has 1 aliphatic rings. The molecule has 1 fully saturated rings. The van der Waals surface area contributed by atoms with E-state index in [1.165, 1.54) is 16.5 Å². The van der Waals surface area contributed by atoms with Crippen LogP contribution in [0, 0.1) is 0 Å². The number of hydrogen-bond acceptors (Lipinski definition) is 3. The van der Waals surface area contributed by atoms with E-state index in [2.05, 4.69) is 46.9 Å². The van der Waals surface area contributed by atoms with Gasteiger partial charge in [0.25, 0.3) is 0 Å². The summed E-state index contributed by atoms with van der Waals surface area (Å²) in [4.78, 5) is 2.50. The number of methoxy groups -OCH3 is 1. The highest BCUT2D eigenvalue weighted by Gasteiger charge is 2.20. The fourth-order valence-electron chi connectivity index (χ4n) is 3.29. The molecular weight excluding hydrogens is 276 g/mol. The first-order valence-electron chi connectivity index (χ1n) is 8.21. The maximum atomic E-state index is 5.83. The van der Waals surface area contributed by atoms with Gasteiger partial charge in [-0.2, -0.15) is 0 Å². The van der Waals surface area contributed by atoms with E-state index < -0.39 is 0 Å². The lowest BCUT2D eigenvalue weighted by molar-refractivity contribution is -0.0431. The third-order valence-corrected chi connectivity index (χ3v) is 4.51. The monoisotopic (exact) mass is 302 g/mol. The van der Waals surface area contributed by atoms with Crippen LogP contribution in [0.5, 0.6) is 0 Å². The second-order valence-corrected chi connectivity index (χ2v) is 5.96. The van der Waals surface area contributed by atoms with E-state index in [-0.39, 0.29) is 0 Å². The molecule has 22 heavy (non-hydrogen) atoms. The second-order valence-electron chi connectivity index (χ2n) is 5.96. The molecule has 1 aliphatic heterocycles. The minimum Gasteiger partial charge on any atom is -0.385 e. The Kier molecular flexibility index (Phi) is 5.13. The number of fused-ring (bicyclic) bond motifs is 1. The van der Waals surface area contributed by atoms with E-state index in [1.54, 1.807) is 7.11 Å². The van der Waals surface area contributed by atoms with Crippen LogP contribution in [-0.2, 0) is 22.6 Å². The average molecular weight is 302 g/mol. The molecule has 2 aromatic rings. The molecule has 0 aliphatic carbocycles. The Morgan fingerprint density at radius 1 is 1.32 bits per heavy atom. The van der Waals surface area contributed by atoms with E-state index in [0.29, 0.717) is 6.10 Å². The molecule has 3 rings (SSSR count). The van der Waals surface area contributed by atoms with Crippen molar-refractivity contribution in [2.45, 2.75) is 32.5 Å². The lowest BCUT2D eigenvalue weighted by Gasteiger charge is -2.33. The highest BCUT2D eigenvalue weighted by Crippen LogP contribution is 2.22. The summed E-state index contributed by atoms with van der Waals surface area (Å²) >= 11 is 0. The first-order chi connectivity index (χ1) is 10.8. The van der Waals surface area contributed by atoms with Crippen LogP contribution < -0.4 is 0 Å². The van der Waals surface area contributed by atoms with Crippen LogP contribution in [0.3, 0.4) is 0 Å². The number of nitrogens with zero attached hydrogens (tertiary/aromatic N) is 2.